The molecule has 0 aliphatic carbocycles. The summed E-state index contributed by atoms with van der Waals surface area (Å²) >= 11 is 0. The second-order valence-electron chi connectivity index (χ2n) is 6.76. The second kappa shape index (κ2) is 9.35. The van der Waals surface area contributed by atoms with E-state index in [2.05, 4.69) is 34.6 Å². The summed E-state index contributed by atoms with van der Waals surface area (Å²) in [6.07, 6.45) is 4.62. The summed E-state index contributed by atoms with van der Waals surface area (Å²) in [7, 11) is 0. The number of esters is 1. The molecule has 0 fully saturated rings. The smallest absolute Gasteiger partial charge is 0.305 e. The standard InChI is InChI=1S/C16H33NO2/c1-6-7-13(2)12-19-15(18)9-8-14(10-11-17)16(3,4)5/h13-14H,6-12,17H2,1-5H3. The highest BCUT2D eigenvalue weighted by atomic mass is 16.5. The Morgan fingerprint density at radius 2 is 1.84 bits per heavy atom. The number of hydrogen-bond acceptors (Lipinski definition) is 3. The second-order valence-corrected chi connectivity index (χ2v) is 6.76. The van der Waals surface area contributed by atoms with Gasteiger partial charge in [0.2, 0.25) is 0 Å². The van der Waals surface area contributed by atoms with Gasteiger partial charge < -0.3 is 10.5 Å². The third-order valence-corrected chi connectivity index (χ3v) is 3.75. The maximum absolute atomic E-state index is 11.7. The quantitative estimate of drug-likeness (QED) is 0.650. The van der Waals surface area contributed by atoms with Gasteiger partial charge in [-0.05, 0) is 43.1 Å². The topological polar surface area (TPSA) is 52.3 Å². The average molecular weight is 271 g/mol. The van der Waals surface area contributed by atoms with Gasteiger partial charge in [-0.25, -0.2) is 0 Å². The number of carbonyl (C=O) groups is 1. The van der Waals surface area contributed by atoms with Crippen molar-refractivity contribution in [3.05, 3.63) is 0 Å². The first-order chi connectivity index (χ1) is 8.81. The number of carbonyl (C=O) groups excluding carboxylic acids is 1. The summed E-state index contributed by atoms with van der Waals surface area (Å²) in [6, 6.07) is 0. The van der Waals surface area contributed by atoms with Crippen LogP contribution in [0.15, 0.2) is 0 Å². The van der Waals surface area contributed by atoms with Crippen molar-refractivity contribution in [3.8, 4) is 0 Å². The van der Waals surface area contributed by atoms with Gasteiger partial charge in [-0.15, -0.1) is 0 Å². The number of rotatable bonds is 9. The van der Waals surface area contributed by atoms with E-state index >= 15 is 0 Å². The summed E-state index contributed by atoms with van der Waals surface area (Å²) in [5, 5.41) is 0. The molecule has 3 heteroatoms. The highest BCUT2D eigenvalue weighted by Crippen LogP contribution is 2.32. The number of ether oxygens (including phenoxy) is 1. The van der Waals surface area contributed by atoms with Crippen molar-refractivity contribution in [2.75, 3.05) is 13.2 Å². The summed E-state index contributed by atoms with van der Waals surface area (Å²) in [5.74, 6) is 0.892. The van der Waals surface area contributed by atoms with Crippen LogP contribution in [0.5, 0.6) is 0 Å². The van der Waals surface area contributed by atoms with Gasteiger partial charge in [-0.1, -0.05) is 41.0 Å². The van der Waals surface area contributed by atoms with E-state index in [4.69, 9.17) is 10.5 Å². The maximum atomic E-state index is 11.7. The van der Waals surface area contributed by atoms with Gasteiger partial charge in [0.05, 0.1) is 6.61 Å². The van der Waals surface area contributed by atoms with Gasteiger partial charge in [0.15, 0.2) is 0 Å². The largest absolute Gasteiger partial charge is 0.465 e. The Morgan fingerprint density at radius 1 is 1.21 bits per heavy atom. The van der Waals surface area contributed by atoms with Gasteiger partial charge in [0.25, 0.3) is 0 Å². The van der Waals surface area contributed by atoms with Crippen LogP contribution in [0.4, 0.5) is 0 Å². The van der Waals surface area contributed by atoms with Crippen LogP contribution in [0, 0.1) is 17.3 Å². The van der Waals surface area contributed by atoms with E-state index in [1.807, 2.05) is 0 Å². The lowest BCUT2D eigenvalue weighted by molar-refractivity contribution is -0.145. The van der Waals surface area contributed by atoms with E-state index in [1.54, 1.807) is 0 Å². The normalized spacial score (nSPS) is 15.1. The molecule has 2 atom stereocenters. The Hall–Kier alpha value is -0.570. The first-order valence-corrected chi connectivity index (χ1v) is 7.66. The van der Waals surface area contributed by atoms with Crippen molar-refractivity contribution in [1.82, 2.24) is 0 Å². The summed E-state index contributed by atoms with van der Waals surface area (Å²) in [5.41, 5.74) is 5.85. The maximum Gasteiger partial charge on any atom is 0.305 e. The molecule has 0 aromatic rings. The summed E-state index contributed by atoms with van der Waals surface area (Å²) < 4.78 is 5.33. The number of hydrogen-bond donors (Lipinski definition) is 1. The fourth-order valence-electron chi connectivity index (χ4n) is 2.39. The van der Waals surface area contributed by atoms with Gasteiger partial charge >= 0.3 is 5.97 Å². The molecule has 19 heavy (non-hydrogen) atoms. The predicted molar refractivity (Wildman–Crippen MR) is 80.9 cm³/mol. The molecular weight excluding hydrogens is 238 g/mol. The zero-order valence-electron chi connectivity index (χ0n) is 13.5. The van der Waals surface area contributed by atoms with E-state index < -0.39 is 0 Å². The molecule has 0 bridgehead atoms. The molecule has 0 heterocycles. The SMILES string of the molecule is CCCC(C)COC(=O)CCC(CCN)C(C)(C)C. The predicted octanol–water partition coefficient (Wildman–Crippen LogP) is 3.76. The molecule has 0 aliphatic rings. The van der Waals surface area contributed by atoms with Crippen LogP contribution in [0.25, 0.3) is 0 Å². The van der Waals surface area contributed by atoms with Crippen molar-refractivity contribution in [1.29, 1.82) is 0 Å². The molecule has 2 unspecified atom stereocenters. The molecule has 2 N–H and O–H groups in total. The Balaban J connectivity index is 3.99. The molecule has 0 saturated carbocycles. The summed E-state index contributed by atoms with van der Waals surface area (Å²) in [6.45, 7) is 12.2. The van der Waals surface area contributed by atoms with E-state index in [-0.39, 0.29) is 11.4 Å². The van der Waals surface area contributed by atoms with Crippen molar-refractivity contribution < 1.29 is 9.53 Å². The van der Waals surface area contributed by atoms with Crippen LogP contribution in [0.2, 0.25) is 0 Å². The van der Waals surface area contributed by atoms with Gasteiger partial charge in [0, 0.05) is 6.42 Å². The van der Waals surface area contributed by atoms with E-state index in [0.29, 0.717) is 31.4 Å². The Labute approximate surface area is 119 Å². The highest BCUT2D eigenvalue weighted by Gasteiger charge is 2.24. The third kappa shape index (κ3) is 9.04. The van der Waals surface area contributed by atoms with Crippen LogP contribution in [0.1, 0.15) is 66.7 Å². The molecule has 114 valence electrons. The zero-order valence-corrected chi connectivity index (χ0v) is 13.5. The fourth-order valence-corrected chi connectivity index (χ4v) is 2.39. The van der Waals surface area contributed by atoms with Crippen molar-refractivity contribution in [2.24, 2.45) is 23.0 Å². The minimum atomic E-state index is -0.0609. The van der Waals surface area contributed by atoms with Gasteiger partial charge in [0.1, 0.15) is 0 Å². The molecule has 0 amide bonds. The molecule has 0 radical (unpaired) electrons. The fraction of sp³-hybridized carbons (Fsp3) is 0.938. The average Bonchev–Trinajstić information content (AvgIpc) is 2.30. The minimum absolute atomic E-state index is 0.0609. The van der Waals surface area contributed by atoms with Crippen LogP contribution in [0.3, 0.4) is 0 Å². The van der Waals surface area contributed by atoms with Crippen molar-refractivity contribution >= 4 is 5.97 Å². The lowest BCUT2D eigenvalue weighted by atomic mass is 9.76. The summed E-state index contributed by atoms with van der Waals surface area (Å²) in [4.78, 5) is 11.7. The molecule has 0 saturated heterocycles. The zero-order chi connectivity index (χ0) is 14.9. The molecule has 0 rings (SSSR count). The Kier molecular flexibility index (Phi) is 9.07. The molecule has 0 aromatic heterocycles. The molecule has 0 spiro atoms. The van der Waals surface area contributed by atoms with E-state index in [9.17, 15) is 4.79 Å². The van der Waals surface area contributed by atoms with Crippen LogP contribution in [-0.4, -0.2) is 19.1 Å². The lowest BCUT2D eigenvalue weighted by Gasteiger charge is -2.30. The lowest BCUT2D eigenvalue weighted by Crippen LogP contribution is -2.24. The molecule has 0 aliphatic heterocycles. The minimum Gasteiger partial charge on any atom is -0.465 e. The molecule has 3 nitrogen and oxygen atoms in total. The van der Waals surface area contributed by atoms with E-state index in [1.165, 1.54) is 0 Å². The van der Waals surface area contributed by atoms with Crippen molar-refractivity contribution in [3.63, 3.8) is 0 Å². The van der Waals surface area contributed by atoms with E-state index in [0.717, 1.165) is 25.7 Å². The molecular formula is C16H33NO2. The number of nitrogens with two attached hydrogens (primary N) is 1. The van der Waals surface area contributed by atoms with Gasteiger partial charge in [-0.3, -0.25) is 4.79 Å². The first-order valence-electron chi connectivity index (χ1n) is 7.66. The van der Waals surface area contributed by atoms with Crippen LogP contribution in [-0.2, 0) is 9.53 Å². The monoisotopic (exact) mass is 271 g/mol. The third-order valence-electron chi connectivity index (χ3n) is 3.75. The van der Waals surface area contributed by atoms with Gasteiger partial charge in [-0.2, -0.15) is 0 Å². The Morgan fingerprint density at radius 3 is 2.32 bits per heavy atom. The van der Waals surface area contributed by atoms with Crippen LogP contribution < -0.4 is 5.73 Å². The Bertz CT molecular complexity index is 246. The molecule has 0 aromatic carbocycles. The first kappa shape index (κ1) is 18.4. The highest BCUT2D eigenvalue weighted by molar-refractivity contribution is 5.69. The van der Waals surface area contributed by atoms with Crippen LogP contribution >= 0.6 is 0 Å². The van der Waals surface area contributed by atoms with Crippen molar-refractivity contribution in [2.45, 2.75) is 66.7 Å².